The van der Waals surface area contributed by atoms with Crippen LogP contribution in [0.5, 0.6) is 0 Å². The van der Waals surface area contributed by atoms with E-state index >= 15 is 0 Å². The molecular formula is C31H31N2O+. The Hall–Kier alpha value is -3.46. The quantitative estimate of drug-likeness (QED) is 0.257. The molecule has 0 unspecified atom stereocenters. The molecular weight excluding hydrogens is 416 g/mol. The minimum absolute atomic E-state index is 0.305. The highest BCUT2D eigenvalue weighted by Crippen LogP contribution is 2.52. The van der Waals surface area contributed by atoms with Gasteiger partial charge in [0.2, 0.25) is 11.4 Å². The maximum Gasteiger partial charge on any atom is 0.227 e. The first-order chi connectivity index (χ1) is 20.2. The molecule has 0 amide bonds. The van der Waals surface area contributed by atoms with Crippen LogP contribution in [0, 0.1) is 13.8 Å². The molecule has 0 saturated heterocycles. The fourth-order valence-electron chi connectivity index (χ4n) is 5.58. The molecule has 0 bridgehead atoms. The van der Waals surface area contributed by atoms with Crippen LogP contribution >= 0.6 is 0 Å². The minimum atomic E-state index is -3.37. The van der Waals surface area contributed by atoms with Gasteiger partial charge in [-0.1, -0.05) is 63.9 Å². The number of hydrogen-bond donors (Lipinski definition) is 0. The van der Waals surface area contributed by atoms with Crippen LogP contribution in [-0.4, -0.2) is 4.98 Å². The molecule has 3 aromatic heterocycles. The maximum absolute atomic E-state index is 8.89. The topological polar surface area (TPSA) is 29.9 Å². The Bertz CT molecular complexity index is 1980. The largest absolute Gasteiger partial charge is 0.437 e. The third-order valence-electron chi connectivity index (χ3n) is 7.19. The van der Waals surface area contributed by atoms with Gasteiger partial charge in [0.25, 0.3) is 0 Å². The molecule has 3 heteroatoms. The zero-order valence-electron chi connectivity index (χ0n) is 29.5. The lowest BCUT2D eigenvalue weighted by atomic mass is 9.81. The lowest BCUT2D eigenvalue weighted by Gasteiger charge is -2.22. The monoisotopic (exact) mass is 457 g/mol. The van der Waals surface area contributed by atoms with Gasteiger partial charge in [-0.25, -0.2) is 9.55 Å². The number of fused-ring (bicyclic) bond motifs is 7. The predicted octanol–water partition coefficient (Wildman–Crippen LogP) is 7.52. The summed E-state index contributed by atoms with van der Waals surface area (Å²) in [7, 11) is 1.60. The molecule has 0 aliphatic heterocycles. The summed E-state index contributed by atoms with van der Waals surface area (Å²) in [5.41, 5.74) is 5.25. The van der Waals surface area contributed by atoms with E-state index in [4.69, 9.17) is 18.1 Å². The molecule has 0 saturated carbocycles. The highest BCUT2D eigenvalue weighted by molar-refractivity contribution is 6.13. The van der Waals surface area contributed by atoms with Crippen molar-refractivity contribution < 1.29 is 22.7 Å². The maximum atomic E-state index is 8.89. The SMILES string of the molecule is [2H]C([2H])([2H])c1c[n+](C)c(-c2c(C)ccc3c2oc2ncc4c(c23)C(C)(C)c2ccccc2-4)cc1C([2H])(C([2H])([2H])[2H])C([2H])([2H])[2H]. The van der Waals surface area contributed by atoms with Crippen molar-refractivity contribution in [1.29, 1.82) is 0 Å². The van der Waals surface area contributed by atoms with Gasteiger partial charge in [-0.2, -0.15) is 0 Å². The van der Waals surface area contributed by atoms with Crippen LogP contribution in [0.4, 0.5) is 0 Å². The summed E-state index contributed by atoms with van der Waals surface area (Å²) in [5, 5.41) is 1.60. The second-order valence-corrected chi connectivity index (χ2v) is 9.61. The van der Waals surface area contributed by atoms with E-state index in [1.807, 2.05) is 37.4 Å². The van der Waals surface area contributed by atoms with Crippen molar-refractivity contribution in [1.82, 2.24) is 4.98 Å². The summed E-state index contributed by atoms with van der Waals surface area (Å²) in [5.74, 6) is -3.22. The van der Waals surface area contributed by atoms with Gasteiger partial charge in [0.1, 0.15) is 7.05 Å². The smallest absolute Gasteiger partial charge is 0.227 e. The highest BCUT2D eigenvalue weighted by Gasteiger charge is 2.38. The van der Waals surface area contributed by atoms with E-state index < -0.39 is 37.6 Å². The zero-order valence-corrected chi connectivity index (χ0v) is 19.5. The van der Waals surface area contributed by atoms with Crippen LogP contribution in [0.1, 0.15) is 75.0 Å². The number of pyridine rings is 2. The van der Waals surface area contributed by atoms with Crippen molar-refractivity contribution in [2.24, 2.45) is 7.05 Å². The zero-order chi connectivity index (χ0) is 32.4. The second-order valence-electron chi connectivity index (χ2n) is 9.61. The van der Waals surface area contributed by atoms with Gasteiger partial charge in [0.15, 0.2) is 11.8 Å². The molecule has 2 aromatic carbocycles. The number of hydrogen-bond acceptors (Lipinski definition) is 2. The molecule has 34 heavy (non-hydrogen) atoms. The summed E-state index contributed by atoms with van der Waals surface area (Å²) in [4.78, 5) is 4.68. The number of furan rings is 1. The number of benzene rings is 2. The van der Waals surface area contributed by atoms with Crippen LogP contribution in [-0.2, 0) is 12.5 Å². The van der Waals surface area contributed by atoms with E-state index in [1.54, 1.807) is 7.05 Å². The van der Waals surface area contributed by atoms with Gasteiger partial charge in [0, 0.05) is 47.9 Å². The molecule has 1 aliphatic rings. The van der Waals surface area contributed by atoms with E-state index in [1.165, 1.54) is 22.4 Å². The van der Waals surface area contributed by atoms with Crippen molar-refractivity contribution >= 4 is 22.1 Å². The Kier molecular flexibility index (Phi) is 2.65. The molecule has 1 aliphatic carbocycles. The third-order valence-corrected chi connectivity index (χ3v) is 7.19. The Labute approximate surface area is 215 Å². The lowest BCUT2D eigenvalue weighted by molar-refractivity contribution is -0.660. The van der Waals surface area contributed by atoms with E-state index in [0.717, 1.165) is 33.0 Å². The van der Waals surface area contributed by atoms with Crippen LogP contribution in [0.15, 0.2) is 59.3 Å². The Morgan fingerprint density at radius 3 is 2.71 bits per heavy atom. The predicted molar refractivity (Wildman–Crippen MR) is 139 cm³/mol. The first-order valence-electron chi connectivity index (χ1n) is 16.2. The van der Waals surface area contributed by atoms with Gasteiger partial charge >= 0.3 is 0 Å². The van der Waals surface area contributed by atoms with Crippen molar-refractivity contribution in [2.75, 3.05) is 0 Å². The third kappa shape index (κ3) is 2.70. The van der Waals surface area contributed by atoms with Crippen LogP contribution < -0.4 is 4.57 Å². The van der Waals surface area contributed by atoms with E-state index in [0.29, 0.717) is 22.6 Å². The number of rotatable bonds is 2. The first kappa shape index (κ1) is 12.9. The van der Waals surface area contributed by atoms with Gasteiger partial charge in [0.05, 0.1) is 10.9 Å². The van der Waals surface area contributed by atoms with Gasteiger partial charge in [-0.15, -0.1) is 0 Å². The van der Waals surface area contributed by atoms with E-state index in [2.05, 4.69) is 31.0 Å². The number of nitrogens with zero attached hydrogens (tertiary/aromatic N) is 2. The number of aryl methyl sites for hydroxylation is 3. The molecule has 0 N–H and O–H groups in total. The Morgan fingerprint density at radius 2 is 1.91 bits per heavy atom. The molecule has 170 valence electrons. The molecule has 0 atom stereocenters. The first-order valence-corrected chi connectivity index (χ1v) is 11.2. The van der Waals surface area contributed by atoms with Crippen LogP contribution in [0.3, 0.4) is 0 Å². The highest BCUT2D eigenvalue weighted by atomic mass is 16.3. The van der Waals surface area contributed by atoms with Gasteiger partial charge < -0.3 is 4.42 Å². The normalized spacial score (nSPS) is 20.0. The summed E-state index contributed by atoms with van der Waals surface area (Å²) in [6, 6.07) is 13.2. The van der Waals surface area contributed by atoms with E-state index in [-0.39, 0.29) is 5.41 Å². The fourth-order valence-corrected chi connectivity index (χ4v) is 5.58. The fraction of sp³-hybridized carbons (Fsp3) is 0.290. The van der Waals surface area contributed by atoms with Gasteiger partial charge in [-0.3, -0.25) is 0 Å². The minimum Gasteiger partial charge on any atom is -0.437 e. The number of aromatic nitrogens is 2. The molecule has 5 aromatic rings. The molecule has 0 fully saturated rings. The average Bonchev–Trinajstić information content (AvgIpc) is 3.39. The van der Waals surface area contributed by atoms with Crippen molar-refractivity contribution in [3.05, 3.63) is 82.7 Å². The van der Waals surface area contributed by atoms with Crippen molar-refractivity contribution in [2.45, 2.75) is 52.6 Å². The molecule has 3 heterocycles. The molecule has 3 nitrogen and oxygen atoms in total. The average molecular weight is 458 g/mol. The summed E-state index contributed by atoms with van der Waals surface area (Å²) in [6.07, 6.45) is 3.01. The molecule has 0 radical (unpaired) electrons. The summed E-state index contributed by atoms with van der Waals surface area (Å²) >= 11 is 0. The van der Waals surface area contributed by atoms with Crippen LogP contribution in [0.2, 0.25) is 0 Å². The lowest BCUT2D eigenvalue weighted by Crippen LogP contribution is -2.32. The Morgan fingerprint density at radius 1 is 1.09 bits per heavy atom. The molecule has 6 rings (SSSR count). The van der Waals surface area contributed by atoms with Gasteiger partial charge in [-0.05, 0) is 47.5 Å². The van der Waals surface area contributed by atoms with Crippen molar-refractivity contribution in [3.8, 4) is 22.4 Å². The van der Waals surface area contributed by atoms with Crippen molar-refractivity contribution in [3.63, 3.8) is 0 Å². The Balaban J connectivity index is 1.72. The van der Waals surface area contributed by atoms with Crippen LogP contribution in [0.25, 0.3) is 44.5 Å². The summed E-state index contributed by atoms with van der Waals surface area (Å²) < 4.78 is 89.8. The summed E-state index contributed by atoms with van der Waals surface area (Å²) in [6.45, 7) is -3.50. The standard InChI is InChI=1S/C31H31N2O/c1-17(2)22-14-25(33(7)16-19(22)4)26-18(3)12-13-21-27-28-23(15-32-30(27)34-29(21)26)20-10-8-9-11-24(20)31(28,5)6/h8-17H,1-7H3/q+1/i1D3,2D3,4D3,17D. The molecule has 0 spiro atoms. The van der Waals surface area contributed by atoms with E-state index in [9.17, 15) is 0 Å². The second kappa shape index (κ2) is 7.02.